The minimum atomic E-state index is -0.590. The van der Waals surface area contributed by atoms with Gasteiger partial charge in [0, 0.05) is 11.6 Å². The molecule has 132 valence electrons. The van der Waals surface area contributed by atoms with Gasteiger partial charge < -0.3 is 20.1 Å². The van der Waals surface area contributed by atoms with Gasteiger partial charge in [-0.05, 0) is 44.1 Å². The van der Waals surface area contributed by atoms with Gasteiger partial charge in [0.1, 0.15) is 0 Å². The van der Waals surface area contributed by atoms with Crippen LogP contribution in [0.4, 0.5) is 5.69 Å². The Hall–Kier alpha value is -2.12. The average molecular weight is 357 g/mol. The van der Waals surface area contributed by atoms with E-state index in [1.165, 1.54) is 32.4 Å². The number of halogens is 1. The molecule has 2 rings (SSSR count). The fourth-order valence-corrected chi connectivity index (χ4v) is 2.50. The number of benzene rings is 1. The standard InChI is InChI=1S/C16H20N2O5.ClH/c1-22-15(20)11-7-12(16(21)23-2)9-13(8-11)18-14(19)10-3-5-17-6-4-10;/h7-10,17H,3-6H2,1-2H3,(H,18,19);1H. The third-order valence-electron chi connectivity index (χ3n) is 3.75. The summed E-state index contributed by atoms with van der Waals surface area (Å²) in [5.41, 5.74) is 0.726. The van der Waals surface area contributed by atoms with E-state index in [1.807, 2.05) is 0 Å². The molecule has 1 aromatic rings. The van der Waals surface area contributed by atoms with Gasteiger partial charge in [0.05, 0.1) is 25.3 Å². The van der Waals surface area contributed by atoms with Crippen LogP contribution in [0.15, 0.2) is 18.2 Å². The van der Waals surface area contributed by atoms with Crippen molar-refractivity contribution in [2.45, 2.75) is 12.8 Å². The van der Waals surface area contributed by atoms with Crippen molar-refractivity contribution in [2.24, 2.45) is 5.92 Å². The summed E-state index contributed by atoms with van der Waals surface area (Å²) < 4.78 is 9.34. The van der Waals surface area contributed by atoms with Gasteiger partial charge in [-0.3, -0.25) is 4.79 Å². The number of piperidine rings is 1. The summed E-state index contributed by atoms with van der Waals surface area (Å²) in [5.74, 6) is -1.38. The van der Waals surface area contributed by atoms with Crippen molar-refractivity contribution >= 4 is 35.9 Å². The lowest BCUT2D eigenvalue weighted by Crippen LogP contribution is -2.34. The molecule has 1 heterocycles. The van der Waals surface area contributed by atoms with Gasteiger partial charge in [-0.1, -0.05) is 0 Å². The minimum absolute atomic E-state index is 0. The molecule has 0 spiro atoms. The molecule has 0 aromatic heterocycles. The number of carbonyl (C=O) groups is 3. The Morgan fingerprint density at radius 2 is 1.50 bits per heavy atom. The molecule has 1 amide bonds. The summed E-state index contributed by atoms with van der Waals surface area (Å²) in [4.78, 5) is 35.7. The molecule has 0 bridgehead atoms. The molecule has 0 unspecified atom stereocenters. The van der Waals surface area contributed by atoms with Crippen molar-refractivity contribution in [1.82, 2.24) is 5.32 Å². The van der Waals surface area contributed by atoms with Crippen molar-refractivity contribution in [3.8, 4) is 0 Å². The average Bonchev–Trinajstić information content (AvgIpc) is 2.60. The van der Waals surface area contributed by atoms with Crippen LogP contribution in [0.25, 0.3) is 0 Å². The molecule has 0 aliphatic carbocycles. The van der Waals surface area contributed by atoms with Gasteiger partial charge in [-0.15, -0.1) is 12.4 Å². The molecule has 1 aliphatic rings. The maximum Gasteiger partial charge on any atom is 0.337 e. The zero-order valence-corrected chi connectivity index (χ0v) is 14.4. The van der Waals surface area contributed by atoms with E-state index in [0.717, 1.165) is 25.9 Å². The van der Waals surface area contributed by atoms with Crippen LogP contribution < -0.4 is 10.6 Å². The van der Waals surface area contributed by atoms with E-state index in [-0.39, 0.29) is 35.4 Å². The first-order valence-corrected chi connectivity index (χ1v) is 7.38. The van der Waals surface area contributed by atoms with Gasteiger partial charge in [-0.2, -0.15) is 0 Å². The van der Waals surface area contributed by atoms with Gasteiger partial charge >= 0.3 is 11.9 Å². The smallest absolute Gasteiger partial charge is 0.337 e. The summed E-state index contributed by atoms with van der Waals surface area (Å²) in [6.45, 7) is 1.60. The predicted octanol–water partition coefficient (Wildman–Crippen LogP) is 1.62. The summed E-state index contributed by atoms with van der Waals surface area (Å²) in [5, 5.41) is 5.96. The number of amides is 1. The third-order valence-corrected chi connectivity index (χ3v) is 3.75. The summed E-state index contributed by atoms with van der Waals surface area (Å²) in [6.07, 6.45) is 1.51. The summed E-state index contributed by atoms with van der Waals surface area (Å²) in [7, 11) is 2.50. The van der Waals surface area contributed by atoms with Crippen molar-refractivity contribution in [3.63, 3.8) is 0 Å². The Morgan fingerprint density at radius 3 is 1.96 bits per heavy atom. The predicted molar refractivity (Wildman–Crippen MR) is 90.6 cm³/mol. The van der Waals surface area contributed by atoms with Gasteiger partial charge in [-0.25, -0.2) is 9.59 Å². The van der Waals surface area contributed by atoms with E-state index in [4.69, 9.17) is 0 Å². The number of esters is 2. The number of ether oxygens (including phenoxy) is 2. The van der Waals surface area contributed by atoms with Crippen molar-refractivity contribution in [3.05, 3.63) is 29.3 Å². The lowest BCUT2D eigenvalue weighted by molar-refractivity contribution is -0.120. The number of hydrogen-bond acceptors (Lipinski definition) is 6. The third kappa shape index (κ3) is 4.94. The van der Waals surface area contributed by atoms with Gasteiger partial charge in [0.25, 0.3) is 0 Å². The number of anilines is 1. The second-order valence-electron chi connectivity index (χ2n) is 5.30. The fourth-order valence-electron chi connectivity index (χ4n) is 2.50. The molecule has 1 aromatic carbocycles. The van der Waals surface area contributed by atoms with Crippen LogP contribution >= 0.6 is 12.4 Å². The molecule has 8 heteroatoms. The second-order valence-corrected chi connectivity index (χ2v) is 5.30. The van der Waals surface area contributed by atoms with Crippen molar-refractivity contribution in [2.75, 3.05) is 32.6 Å². The maximum atomic E-state index is 12.3. The van der Waals surface area contributed by atoms with Crippen LogP contribution in [0.3, 0.4) is 0 Å². The molecule has 0 radical (unpaired) electrons. The highest BCUT2D eigenvalue weighted by atomic mass is 35.5. The Labute approximate surface area is 146 Å². The number of rotatable bonds is 4. The zero-order chi connectivity index (χ0) is 16.8. The van der Waals surface area contributed by atoms with Crippen LogP contribution in [0, 0.1) is 5.92 Å². The molecule has 2 N–H and O–H groups in total. The molecule has 24 heavy (non-hydrogen) atoms. The van der Waals surface area contributed by atoms with Crippen LogP contribution in [0.1, 0.15) is 33.6 Å². The highest BCUT2D eigenvalue weighted by Crippen LogP contribution is 2.20. The molecular weight excluding hydrogens is 336 g/mol. The topological polar surface area (TPSA) is 93.7 Å². The Balaban J connectivity index is 0.00000288. The molecule has 1 aliphatic heterocycles. The first kappa shape index (κ1) is 19.9. The number of carbonyl (C=O) groups excluding carboxylic acids is 3. The first-order chi connectivity index (χ1) is 11.0. The van der Waals surface area contributed by atoms with Crippen LogP contribution in [-0.2, 0) is 14.3 Å². The maximum absolute atomic E-state index is 12.3. The highest BCUT2D eigenvalue weighted by Gasteiger charge is 2.22. The molecule has 1 saturated heterocycles. The van der Waals surface area contributed by atoms with E-state index in [9.17, 15) is 14.4 Å². The Bertz CT molecular complexity index is 580. The molecule has 7 nitrogen and oxygen atoms in total. The van der Waals surface area contributed by atoms with E-state index in [1.54, 1.807) is 0 Å². The minimum Gasteiger partial charge on any atom is -0.465 e. The number of nitrogens with one attached hydrogen (secondary N) is 2. The lowest BCUT2D eigenvalue weighted by Gasteiger charge is -2.22. The molecule has 0 atom stereocenters. The number of hydrogen-bond donors (Lipinski definition) is 2. The van der Waals surface area contributed by atoms with Gasteiger partial charge in [0.15, 0.2) is 0 Å². The molecule has 1 fully saturated rings. The van der Waals surface area contributed by atoms with E-state index in [0.29, 0.717) is 5.69 Å². The molecular formula is C16H21ClN2O5. The number of methoxy groups -OCH3 is 2. The Kier molecular flexibility index (Phi) is 7.67. The van der Waals surface area contributed by atoms with Crippen molar-refractivity contribution in [1.29, 1.82) is 0 Å². The van der Waals surface area contributed by atoms with Crippen LogP contribution in [0.2, 0.25) is 0 Å². The van der Waals surface area contributed by atoms with Crippen LogP contribution in [0.5, 0.6) is 0 Å². The largest absolute Gasteiger partial charge is 0.465 e. The fraction of sp³-hybridized carbons (Fsp3) is 0.438. The first-order valence-electron chi connectivity index (χ1n) is 7.38. The van der Waals surface area contributed by atoms with Crippen LogP contribution in [-0.4, -0.2) is 45.2 Å². The van der Waals surface area contributed by atoms with E-state index < -0.39 is 11.9 Å². The quantitative estimate of drug-likeness (QED) is 0.796. The van der Waals surface area contributed by atoms with Gasteiger partial charge in [0.2, 0.25) is 5.91 Å². The summed E-state index contributed by atoms with van der Waals surface area (Å²) >= 11 is 0. The van der Waals surface area contributed by atoms with Crippen molar-refractivity contribution < 1.29 is 23.9 Å². The highest BCUT2D eigenvalue weighted by molar-refractivity contribution is 5.99. The van der Waals surface area contributed by atoms with E-state index in [2.05, 4.69) is 20.1 Å². The monoisotopic (exact) mass is 356 g/mol. The zero-order valence-electron chi connectivity index (χ0n) is 13.6. The SMILES string of the molecule is COC(=O)c1cc(NC(=O)C2CCNCC2)cc(C(=O)OC)c1.Cl. The van der Waals surface area contributed by atoms with E-state index >= 15 is 0 Å². The normalized spacial score (nSPS) is 14.2. The molecule has 0 saturated carbocycles. The second kappa shape index (κ2) is 9.24. The lowest BCUT2D eigenvalue weighted by atomic mass is 9.97. The Morgan fingerprint density at radius 1 is 1.00 bits per heavy atom. The summed E-state index contributed by atoms with van der Waals surface area (Å²) in [6, 6.07) is 4.34.